The summed E-state index contributed by atoms with van der Waals surface area (Å²) >= 11 is 0. The highest BCUT2D eigenvalue weighted by atomic mass is 16.6. The van der Waals surface area contributed by atoms with Crippen LogP contribution in [0.4, 0.5) is 11.4 Å². The van der Waals surface area contributed by atoms with Gasteiger partial charge in [0.1, 0.15) is 12.1 Å². The number of non-ortho nitro benzene ring substituents is 1. The Morgan fingerprint density at radius 1 is 1.12 bits per heavy atom. The summed E-state index contributed by atoms with van der Waals surface area (Å²) in [5.74, 6) is -0.614. The molecule has 2 unspecified atom stereocenters. The first-order valence-electron chi connectivity index (χ1n) is 4.97. The number of amides is 2. The van der Waals surface area contributed by atoms with E-state index >= 15 is 0 Å². The molecule has 7 heteroatoms. The normalized spacial score (nSPS) is 25.5. The molecule has 0 radical (unpaired) electrons. The molecule has 1 N–H and O–H groups in total. The maximum atomic E-state index is 11.3. The number of carbonyl (C=O) groups excluding carboxylic acids is 2. The van der Waals surface area contributed by atoms with Crippen LogP contribution in [-0.4, -0.2) is 28.8 Å². The van der Waals surface area contributed by atoms with Crippen molar-refractivity contribution in [3.05, 3.63) is 34.4 Å². The summed E-state index contributed by atoms with van der Waals surface area (Å²) in [6, 6.07) is 4.90. The molecule has 2 saturated heterocycles. The first-order chi connectivity index (χ1) is 8.09. The Labute approximate surface area is 95.2 Å². The second kappa shape index (κ2) is 3.03. The Morgan fingerprint density at radius 2 is 1.65 bits per heavy atom. The van der Waals surface area contributed by atoms with E-state index in [-0.39, 0.29) is 17.5 Å². The van der Waals surface area contributed by atoms with Crippen LogP contribution in [0, 0.1) is 10.1 Å². The molecule has 2 atom stereocenters. The van der Waals surface area contributed by atoms with E-state index in [1.165, 1.54) is 24.3 Å². The van der Waals surface area contributed by atoms with Crippen LogP contribution >= 0.6 is 0 Å². The molecule has 2 aliphatic rings. The molecule has 1 aromatic carbocycles. The number of hydrogen-bond donors (Lipinski definition) is 1. The smallest absolute Gasteiger partial charge is 0.269 e. The highest BCUT2D eigenvalue weighted by molar-refractivity contribution is 6.18. The molecule has 7 nitrogen and oxygen atoms in total. The van der Waals surface area contributed by atoms with E-state index in [2.05, 4.69) is 5.32 Å². The van der Waals surface area contributed by atoms with Gasteiger partial charge in [-0.2, -0.15) is 0 Å². The maximum absolute atomic E-state index is 11.3. The van der Waals surface area contributed by atoms with Crippen molar-refractivity contribution < 1.29 is 14.5 Å². The van der Waals surface area contributed by atoms with Gasteiger partial charge in [0, 0.05) is 17.8 Å². The van der Waals surface area contributed by atoms with E-state index in [1.54, 1.807) is 4.90 Å². The maximum Gasteiger partial charge on any atom is 0.269 e. The Balaban J connectivity index is 1.86. The highest BCUT2D eigenvalue weighted by Crippen LogP contribution is 2.39. The number of nitro groups is 1. The van der Waals surface area contributed by atoms with Gasteiger partial charge in [-0.05, 0) is 12.1 Å². The Morgan fingerprint density at radius 3 is 2.12 bits per heavy atom. The molecule has 2 heterocycles. The fourth-order valence-electron chi connectivity index (χ4n) is 2.11. The first-order valence-corrected chi connectivity index (χ1v) is 4.97. The van der Waals surface area contributed by atoms with E-state index in [1.807, 2.05) is 0 Å². The highest BCUT2D eigenvalue weighted by Gasteiger charge is 2.62. The van der Waals surface area contributed by atoms with Crippen molar-refractivity contribution in [3.63, 3.8) is 0 Å². The van der Waals surface area contributed by atoms with Gasteiger partial charge < -0.3 is 4.90 Å². The molecule has 1 aromatic rings. The van der Waals surface area contributed by atoms with Crippen LogP contribution < -0.4 is 10.2 Å². The topological polar surface area (TPSA) is 92.3 Å². The van der Waals surface area contributed by atoms with Gasteiger partial charge in [-0.15, -0.1) is 0 Å². The van der Waals surface area contributed by atoms with Gasteiger partial charge in [0.25, 0.3) is 17.5 Å². The quantitative estimate of drug-likeness (QED) is 0.331. The van der Waals surface area contributed by atoms with Gasteiger partial charge in [-0.1, -0.05) is 0 Å². The number of rotatable bonds is 2. The number of nitro benzene ring substituents is 1. The number of fused-ring (bicyclic) bond motifs is 1. The van der Waals surface area contributed by atoms with Gasteiger partial charge in [0.15, 0.2) is 0 Å². The molecule has 0 aliphatic carbocycles. The molecular weight excluding hydrogens is 226 g/mol. The van der Waals surface area contributed by atoms with Crippen molar-refractivity contribution >= 4 is 23.2 Å². The summed E-state index contributed by atoms with van der Waals surface area (Å²) < 4.78 is 0. The van der Waals surface area contributed by atoms with E-state index < -0.39 is 17.0 Å². The SMILES string of the molecule is O=C1NC(=O)C2C1N2c1ccc([N+](=O)[O-])cc1. The van der Waals surface area contributed by atoms with Crippen LogP contribution in [0.3, 0.4) is 0 Å². The van der Waals surface area contributed by atoms with Gasteiger partial charge in [-0.3, -0.25) is 25.0 Å². The van der Waals surface area contributed by atoms with Crippen molar-refractivity contribution in [2.45, 2.75) is 12.1 Å². The zero-order chi connectivity index (χ0) is 12.2. The van der Waals surface area contributed by atoms with Gasteiger partial charge in [0.05, 0.1) is 4.92 Å². The van der Waals surface area contributed by atoms with Crippen LogP contribution in [0.5, 0.6) is 0 Å². The number of nitrogens with zero attached hydrogens (tertiary/aromatic N) is 2. The van der Waals surface area contributed by atoms with E-state index in [0.717, 1.165) is 0 Å². The second-order valence-corrected chi connectivity index (χ2v) is 3.92. The number of anilines is 1. The molecule has 2 aliphatic heterocycles. The lowest BCUT2D eigenvalue weighted by molar-refractivity contribution is -0.384. The Kier molecular flexibility index (Phi) is 1.74. The summed E-state index contributed by atoms with van der Waals surface area (Å²) in [5.41, 5.74) is 0.630. The first kappa shape index (κ1) is 9.76. The average Bonchev–Trinajstić information content (AvgIpc) is 2.97. The molecule has 86 valence electrons. The molecule has 3 rings (SSSR count). The third kappa shape index (κ3) is 1.28. The minimum atomic E-state index is -0.495. The zero-order valence-electron chi connectivity index (χ0n) is 8.49. The minimum absolute atomic E-state index is 0.0171. The lowest BCUT2D eigenvalue weighted by atomic mass is 10.3. The number of carbonyl (C=O) groups is 2. The third-order valence-corrected chi connectivity index (χ3v) is 2.95. The van der Waals surface area contributed by atoms with Crippen LogP contribution in [0.15, 0.2) is 24.3 Å². The van der Waals surface area contributed by atoms with Crippen LogP contribution in [-0.2, 0) is 9.59 Å². The van der Waals surface area contributed by atoms with E-state index in [4.69, 9.17) is 0 Å². The van der Waals surface area contributed by atoms with Gasteiger partial charge >= 0.3 is 0 Å². The van der Waals surface area contributed by atoms with Crippen LogP contribution in [0.25, 0.3) is 0 Å². The number of piperazine rings is 1. The predicted molar refractivity (Wildman–Crippen MR) is 56.3 cm³/mol. The number of benzene rings is 1. The number of imide groups is 1. The monoisotopic (exact) mass is 233 g/mol. The Bertz CT molecular complexity index is 519. The zero-order valence-corrected chi connectivity index (χ0v) is 8.49. The predicted octanol–water partition coefficient (Wildman–Crippen LogP) is -0.192. The van der Waals surface area contributed by atoms with Crippen molar-refractivity contribution in [2.24, 2.45) is 0 Å². The third-order valence-electron chi connectivity index (χ3n) is 2.95. The molecule has 0 saturated carbocycles. The van der Waals surface area contributed by atoms with Crippen molar-refractivity contribution in [1.82, 2.24) is 5.32 Å². The van der Waals surface area contributed by atoms with Crippen LogP contribution in [0.2, 0.25) is 0 Å². The molecule has 0 aromatic heterocycles. The van der Waals surface area contributed by atoms with Gasteiger partial charge in [0.2, 0.25) is 0 Å². The fraction of sp³-hybridized carbons (Fsp3) is 0.200. The lowest BCUT2D eigenvalue weighted by Crippen LogP contribution is -2.33. The fourth-order valence-corrected chi connectivity index (χ4v) is 2.11. The molecule has 0 bridgehead atoms. The summed E-state index contributed by atoms with van der Waals surface area (Å²) in [4.78, 5) is 34.2. The summed E-state index contributed by atoms with van der Waals surface area (Å²) in [5, 5.41) is 12.7. The van der Waals surface area contributed by atoms with Crippen molar-refractivity contribution in [2.75, 3.05) is 4.90 Å². The van der Waals surface area contributed by atoms with E-state index in [9.17, 15) is 19.7 Å². The van der Waals surface area contributed by atoms with Crippen LogP contribution in [0.1, 0.15) is 0 Å². The van der Waals surface area contributed by atoms with Crippen molar-refractivity contribution in [3.8, 4) is 0 Å². The minimum Gasteiger partial charge on any atom is -0.343 e. The average molecular weight is 233 g/mol. The number of hydrogen-bond acceptors (Lipinski definition) is 5. The molecule has 17 heavy (non-hydrogen) atoms. The molecule has 0 spiro atoms. The van der Waals surface area contributed by atoms with Crippen molar-refractivity contribution in [1.29, 1.82) is 0 Å². The van der Waals surface area contributed by atoms with Gasteiger partial charge in [-0.25, -0.2) is 0 Å². The summed E-state index contributed by atoms with van der Waals surface area (Å²) in [7, 11) is 0. The standard InChI is InChI=1S/C10H7N3O4/c14-9-7-8(10(15)11-9)12(7)5-1-3-6(4-2-5)13(16)17/h1-4,7-8H,(H,11,14,15). The second-order valence-electron chi connectivity index (χ2n) is 3.92. The molecule has 2 amide bonds. The lowest BCUT2D eigenvalue weighted by Gasteiger charge is -2.08. The van der Waals surface area contributed by atoms with E-state index in [0.29, 0.717) is 5.69 Å². The summed E-state index contributed by atoms with van der Waals surface area (Å²) in [6.07, 6.45) is 0. The molecule has 2 fully saturated rings. The summed E-state index contributed by atoms with van der Waals surface area (Å²) in [6.45, 7) is 0. The Hall–Kier alpha value is -2.44. The number of nitrogens with one attached hydrogen (secondary N) is 1. The molecular formula is C10H7N3O4. The largest absolute Gasteiger partial charge is 0.343 e.